The molecule has 3 aromatic rings. The third-order valence-electron chi connectivity index (χ3n) is 3.73. The van der Waals surface area contributed by atoms with E-state index < -0.39 is 0 Å². The molecule has 3 rings (SSSR count). The molecule has 0 saturated heterocycles. The molecular weight excluding hydrogens is 337 g/mol. The van der Waals surface area contributed by atoms with Gasteiger partial charge >= 0.3 is 0 Å². The van der Waals surface area contributed by atoms with Crippen molar-refractivity contribution in [3.63, 3.8) is 0 Å². The van der Waals surface area contributed by atoms with Gasteiger partial charge in [-0.1, -0.05) is 41.9 Å². The largest absolute Gasteiger partial charge is 0.488 e. The lowest BCUT2D eigenvalue weighted by Gasteiger charge is -2.09. The van der Waals surface area contributed by atoms with E-state index in [4.69, 9.17) is 16.3 Å². The molecule has 0 aliphatic heterocycles. The second-order valence-corrected chi connectivity index (χ2v) is 6.05. The maximum atomic E-state index is 13.0. The predicted octanol–water partition coefficient (Wildman–Crippen LogP) is 6.12. The fourth-order valence-electron chi connectivity index (χ4n) is 2.27. The Labute approximate surface area is 151 Å². The van der Waals surface area contributed by atoms with Gasteiger partial charge in [0.15, 0.2) is 0 Å². The van der Waals surface area contributed by atoms with Gasteiger partial charge in [-0.2, -0.15) is 0 Å². The van der Waals surface area contributed by atoms with Gasteiger partial charge in [0.05, 0.1) is 5.69 Å². The molecule has 0 fully saturated rings. The number of rotatable bonds is 5. The van der Waals surface area contributed by atoms with E-state index in [2.05, 4.69) is 4.99 Å². The fourth-order valence-corrected chi connectivity index (χ4v) is 2.44. The van der Waals surface area contributed by atoms with Crippen molar-refractivity contribution in [3.05, 3.63) is 94.3 Å². The summed E-state index contributed by atoms with van der Waals surface area (Å²) in [5.41, 5.74) is 3.56. The summed E-state index contributed by atoms with van der Waals surface area (Å²) < 4.78 is 18.8. The SMILES string of the molecule is Cc1ccc(N=Cc2ccccc2OCc2ccc(F)cc2)cc1Cl. The van der Waals surface area contributed by atoms with E-state index >= 15 is 0 Å². The molecule has 0 unspecified atom stereocenters. The second kappa shape index (κ2) is 7.95. The second-order valence-electron chi connectivity index (χ2n) is 5.64. The van der Waals surface area contributed by atoms with Crippen LogP contribution in [0.15, 0.2) is 71.7 Å². The van der Waals surface area contributed by atoms with E-state index in [9.17, 15) is 4.39 Å². The van der Waals surface area contributed by atoms with E-state index in [-0.39, 0.29) is 5.82 Å². The van der Waals surface area contributed by atoms with Gasteiger partial charge in [0, 0.05) is 16.8 Å². The van der Waals surface area contributed by atoms with Crippen molar-refractivity contribution >= 4 is 23.5 Å². The molecule has 0 spiro atoms. The zero-order valence-corrected chi connectivity index (χ0v) is 14.5. The average molecular weight is 354 g/mol. The Bertz CT molecular complexity index is 891. The normalized spacial score (nSPS) is 11.0. The van der Waals surface area contributed by atoms with Gasteiger partial charge in [0.25, 0.3) is 0 Å². The number of nitrogens with zero attached hydrogens (tertiary/aromatic N) is 1. The predicted molar refractivity (Wildman–Crippen MR) is 101 cm³/mol. The Hall–Kier alpha value is -2.65. The number of hydrogen-bond donors (Lipinski definition) is 0. The first-order chi connectivity index (χ1) is 12.1. The molecule has 0 saturated carbocycles. The van der Waals surface area contributed by atoms with Crippen LogP contribution in [0.1, 0.15) is 16.7 Å². The lowest BCUT2D eigenvalue weighted by Crippen LogP contribution is -1.98. The number of hydrogen-bond acceptors (Lipinski definition) is 2. The van der Waals surface area contributed by atoms with Crippen LogP contribution in [0.25, 0.3) is 0 Å². The molecule has 3 aromatic carbocycles. The van der Waals surface area contributed by atoms with E-state index in [1.165, 1.54) is 12.1 Å². The van der Waals surface area contributed by atoms with Gasteiger partial charge in [-0.25, -0.2) is 4.39 Å². The van der Waals surface area contributed by atoms with Gasteiger partial charge in [-0.3, -0.25) is 4.99 Å². The zero-order chi connectivity index (χ0) is 17.6. The topological polar surface area (TPSA) is 21.6 Å². The van der Waals surface area contributed by atoms with Crippen LogP contribution in [-0.4, -0.2) is 6.21 Å². The van der Waals surface area contributed by atoms with Crippen molar-refractivity contribution < 1.29 is 9.13 Å². The highest BCUT2D eigenvalue weighted by molar-refractivity contribution is 6.31. The highest BCUT2D eigenvalue weighted by Gasteiger charge is 2.02. The molecule has 0 bridgehead atoms. The molecule has 0 radical (unpaired) electrons. The zero-order valence-electron chi connectivity index (χ0n) is 13.7. The minimum absolute atomic E-state index is 0.256. The molecule has 0 aromatic heterocycles. The highest BCUT2D eigenvalue weighted by Crippen LogP contribution is 2.23. The maximum absolute atomic E-state index is 13.0. The molecule has 25 heavy (non-hydrogen) atoms. The number of ether oxygens (including phenoxy) is 1. The van der Waals surface area contributed by atoms with Crippen molar-refractivity contribution in [1.29, 1.82) is 0 Å². The molecule has 0 amide bonds. The van der Waals surface area contributed by atoms with Crippen molar-refractivity contribution in [3.8, 4) is 5.75 Å². The van der Waals surface area contributed by atoms with E-state index in [0.29, 0.717) is 17.4 Å². The van der Waals surface area contributed by atoms with Crippen LogP contribution in [0.3, 0.4) is 0 Å². The van der Waals surface area contributed by atoms with Gasteiger partial charge in [-0.05, 0) is 54.4 Å². The van der Waals surface area contributed by atoms with Gasteiger partial charge in [0.1, 0.15) is 18.2 Å². The summed E-state index contributed by atoms with van der Waals surface area (Å²) in [6, 6.07) is 19.6. The maximum Gasteiger partial charge on any atom is 0.128 e. The summed E-state index contributed by atoms with van der Waals surface area (Å²) in [7, 11) is 0. The van der Waals surface area contributed by atoms with Crippen molar-refractivity contribution in [2.75, 3.05) is 0 Å². The van der Waals surface area contributed by atoms with Crippen molar-refractivity contribution in [1.82, 2.24) is 0 Å². The molecule has 0 atom stereocenters. The quantitative estimate of drug-likeness (QED) is 0.506. The standard InChI is InChI=1S/C21H17ClFNO/c1-15-6-11-19(12-20(15)22)24-13-17-4-2-3-5-21(17)25-14-16-7-9-18(23)10-8-16/h2-13H,14H2,1H3. The molecule has 0 N–H and O–H groups in total. The van der Waals surface area contributed by atoms with E-state index in [1.807, 2.05) is 49.4 Å². The number of para-hydroxylation sites is 1. The Morgan fingerprint density at radius 2 is 1.80 bits per heavy atom. The number of aliphatic imine (C=N–C) groups is 1. The molecule has 2 nitrogen and oxygen atoms in total. The van der Waals surface area contributed by atoms with Gasteiger partial charge in [-0.15, -0.1) is 0 Å². The van der Waals surface area contributed by atoms with Crippen LogP contribution in [0, 0.1) is 12.7 Å². The molecular formula is C21H17ClFNO. The molecule has 4 heteroatoms. The lowest BCUT2D eigenvalue weighted by atomic mass is 10.2. The molecule has 126 valence electrons. The lowest BCUT2D eigenvalue weighted by molar-refractivity contribution is 0.305. The minimum Gasteiger partial charge on any atom is -0.488 e. The van der Waals surface area contributed by atoms with Crippen LogP contribution < -0.4 is 4.74 Å². The van der Waals surface area contributed by atoms with Crippen LogP contribution in [0.4, 0.5) is 10.1 Å². The summed E-state index contributed by atoms with van der Waals surface area (Å²) in [6.07, 6.45) is 1.75. The Kier molecular flexibility index (Phi) is 5.46. The van der Waals surface area contributed by atoms with Gasteiger partial charge in [0.2, 0.25) is 0 Å². The summed E-state index contributed by atoms with van der Waals surface area (Å²) in [4.78, 5) is 4.47. The molecule has 0 heterocycles. The summed E-state index contributed by atoms with van der Waals surface area (Å²) in [6.45, 7) is 2.32. The van der Waals surface area contributed by atoms with Crippen LogP contribution in [-0.2, 0) is 6.61 Å². The Balaban J connectivity index is 1.74. The summed E-state index contributed by atoms with van der Waals surface area (Å²) in [5.74, 6) is 0.460. The minimum atomic E-state index is -0.256. The first-order valence-electron chi connectivity index (χ1n) is 7.88. The van der Waals surface area contributed by atoms with Crippen LogP contribution >= 0.6 is 11.6 Å². The third kappa shape index (κ3) is 4.68. The Morgan fingerprint density at radius 3 is 2.56 bits per heavy atom. The monoisotopic (exact) mass is 353 g/mol. The van der Waals surface area contributed by atoms with Crippen molar-refractivity contribution in [2.45, 2.75) is 13.5 Å². The number of halogens is 2. The van der Waals surface area contributed by atoms with Crippen LogP contribution in [0.2, 0.25) is 5.02 Å². The Morgan fingerprint density at radius 1 is 1.04 bits per heavy atom. The summed E-state index contributed by atoms with van der Waals surface area (Å²) >= 11 is 6.13. The smallest absolute Gasteiger partial charge is 0.128 e. The first kappa shape index (κ1) is 17.2. The summed E-state index contributed by atoms with van der Waals surface area (Å²) in [5, 5.41) is 0.690. The highest BCUT2D eigenvalue weighted by atomic mass is 35.5. The average Bonchev–Trinajstić information content (AvgIpc) is 2.63. The number of benzene rings is 3. The van der Waals surface area contributed by atoms with Crippen LogP contribution in [0.5, 0.6) is 5.75 Å². The number of aryl methyl sites for hydroxylation is 1. The van der Waals surface area contributed by atoms with Crippen molar-refractivity contribution in [2.24, 2.45) is 4.99 Å². The van der Waals surface area contributed by atoms with E-state index in [0.717, 1.165) is 22.4 Å². The first-order valence-corrected chi connectivity index (χ1v) is 8.26. The molecule has 0 aliphatic rings. The third-order valence-corrected chi connectivity index (χ3v) is 4.14. The molecule has 0 aliphatic carbocycles. The van der Waals surface area contributed by atoms with Gasteiger partial charge < -0.3 is 4.74 Å². The fraction of sp³-hybridized carbons (Fsp3) is 0.0952. The van der Waals surface area contributed by atoms with E-state index in [1.54, 1.807) is 18.3 Å².